The van der Waals surface area contributed by atoms with Gasteiger partial charge in [0.1, 0.15) is 0 Å². The average molecular weight is 246 g/mol. The highest BCUT2D eigenvalue weighted by atomic mass is 35.5. The molecular formula is C12H20ClNO2. The Kier molecular flexibility index (Phi) is 6.93. The van der Waals surface area contributed by atoms with E-state index in [0.717, 1.165) is 18.5 Å². The molecule has 1 unspecified atom stereocenters. The molecule has 0 heterocycles. The van der Waals surface area contributed by atoms with Gasteiger partial charge in [0.15, 0.2) is 11.5 Å². The minimum Gasteiger partial charge on any atom is -0.504 e. The minimum atomic E-state index is 0. The average Bonchev–Trinajstić information content (AvgIpc) is 2.27. The largest absolute Gasteiger partial charge is 0.504 e. The second-order valence-corrected chi connectivity index (χ2v) is 3.70. The van der Waals surface area contributed by atoms with Gasteiger partial charge >= 0.3 is 0 Å². The Morgan fingerprint density at radius 2 is 2.12 bits per heavy atom. The van der Waals surface area contributed by atoms with E-state index < -0.39 is 0 Å². The summed E-state index contributed by atoms with van der Waals surface area (Å²) in [6.45, 7) is 5.10. The van der Waals surface area contributed by atoms with Gasteiger partial charge in [0.2, 0.25) is 0 Å². The van der Waals surface area contributed by atoms with Crippen LogP contribution in [-0.4, -0.2) is 18.3 Å². The molecule has 1 aromatic rings. The second kappa shape index (κ2) is 7.36. The van der Waals surface area contributed by atoms with E-state index in [9.17, 15) is 5.11 Å². The fourth-order valence-electron chi connectivity index (χ4n) is 1.27. The number of phenols is 1. The normalized spacial score (nSPS) is 11.7. The lowest BCUT2D eigenvalue weighted by Gasteiger charge is -2.12. The number of hydrogen-bond acceptors (Lipinski definition) is 3. The van der Waals surface area contributed by atoms with Crippen LogP contribution in [0.15, 0.2) is 18.2 Å². The van der Waals surface area contributed by atoms with Gasteiger partial charge in [0, 0.05) is 12.6 Å². The fourth-order valence-corrected chi connectivity index (χ4v) is 1.27. The first kappa shape index (κ1) is 15.1. The summed E-state index contributed by atoms with van der Waals surface area (Å²) in [4.78, 5) is 0. The van der Waals surface area contributed by atoms with Gasteiger partial charge in [-0.1, -0.05) is 13.0 Å². The minimum absolute atomic E-state index is 0. The molecule has 1 rings (SSSR count). The predicted octanol–water partition coefficient (Wildman–Crippen LogP) is 2.71. The molecule has 2 N–H and O–H groups in total. The van der Waals surface area contributed by atoms with Crippen LogP contribution in [0.25, 0.3) is 0 Å². The zero-order valence-electron chi connectivity index (χ0n) is 9.99. The summed E-state index contributed by atoms with van der Waals surface area (Å²) < 4.78 is 5.04. The van der Waals surface area contributed by atoms with Crippen LogP contribution in [-0.2, 0) is 6.54 Å². The van der Waals surface area contributed by atoms with Gasteiger partial charge in [-0.05, 0) is 31.0 Å². The van der Waals surface area contributed by atoms with E-state index in [0.29, 0.717) is 11.8 Å². The smallest absolute Gasteiger partial charge is 0.160 e. The molecule has 0 aromatic heterocycles. The second-order valence-electron chi connectivity index (χ2n) is 3.70. The summed E-state index contributed by atoms with van der Waals surface area (Å²) in [5.41, 5.74) is 1.12. The Morgan fingerprint density at radius 1 is 1.44 bits per heavy atom. The zero-order valence-corrected chi connectivity index (χ0v) is 10.8. The Labute approximate surface area is 103 Å². The van der Waals surface area contributed by atoms with Crippen molar-refractivity contribution in [3.05, 3.63) is 23.8 Å². The Hall–Kier alpha value is -0.930. The topological polar surface area (TPSA) is 41.5 Å². The van der Waals surface area contributed by atoms with E-state index in [-0.39, 0.29) is 18.2 Å². The molecule has 0 aliphatic rings. The number of rotatable bonds is 5. The molecule has 0 amide bonds. The van der Waals surface area contributed by atoms with Crippen molar-refractivity contribution in [2.75, 3.05) is 7.11 Å². The van der Waals surface area contributed by atoms with Crippen molar-refractivity contribution in [2.24, 2.45) is 0 Å². The van der Waals surface area contributed by atoms with Crippen molar-refractivity contribution in [3.8, 4) is 11.5 Å². The van der Waals surface area contributed by atoms with E-state index >= 15 is 0 Å². The standard InChI is InChI=1S/C12H19NO2.ClH/c1-4-9(2)13-8-10-5-6-11(14)12(7-10)15-3;/h5-7,9,13-14H,4,8H2,1-3H3;1H. The van der Waals surface area contributed by atoms with Crippen LogP contribution in [0.4, 0.5) is 0 Å². The molecule has 16 heavy (non-hydrogen) atoms. The van der Waals surface area contributed by atoms with Crippen molar-refractivity contribution in [3.63, 3.8) is 0 Å². The van der Waals surface area contributed by atoms with E-state index in [4.69, 9.17) is 4.74 Å². The molecule has 0 aliphatic carbocycles. The molecule has 4 heteroatoms. The SMILES string of the molecule is CCC(C)NCc1ccc(O)c(OC)c1.Cl. The van der Waals surface area contributed by atoms with Crippen LogP contribution < -0.4 is 10.1 Å². The first-order chi connectivity index (χ1) is 7.17. The maximum Gasteiger partial charge on any atom is 0.160 e. The van der Waals surface area contributed by atoms with Gasteiger partial charge in [-0.2, -0.15) is 0 Å². The summed E-state index contributed by atoms with van der Waals surface area (Å²) in [6, 6.07) is 5.91. The van der Waals surface area contributed by atoms with Crippen LogP contribution in [0.1, 0.15) is 25.8 Å². The summed E-state index contributed by atoms with van der Waals surface area (Å²) in [7, 11) is 1.56. The van der Waals surface area contributed by atoms with Gasteiger partial charge in [-0.3, -0.25) is 0 Å². The molecular weight excluding hydrogens is 226 g/mol. The highest BCUT2D eigenvalue weighted by molar-refractivity contribution is 5.85. The number of methoxy groups -OCH3 is 1. The number of nitrogens with one attached hydrogen (secondary N) is 1. The maximum absolute atomic E-state index is 9.41. The Balaban J connectivity index is 0.00000225. The van der Waals surface area contributed by atoms with Crippen molar-refractivity contribution < 1.29 is 9.84 Å². The monoisotopic (exact) mass is 245 g/mol. The van der Waals surface area contributed by atoms with E-state index in [2.05, 4.69) is 19.2 Å². The third-order valence-corrected chi connectivity index (χ3v) is 2.51. The highest BCUT2D eigenvalue weighted by Gasteiger charge is 2.03. The first-order valence-electron chi connectivity index (χ1n) is 5.26. The lowest BCUT2D eigenvalue weighted by molar-refractivity contribution is 0.372. The summed E-state index contributed by atoms with van der Waals surface area (Å²) in [5.74, 6) is 0.711. The molecule has 0 fully saturated rings. The summed E-state index contributed by atoms with van der Waals surface area (Å²) in [6.07, 6.45) is 1.11. The zero-order chi connectivity index (χ0) is 11.3. The molecule has 1 aromatic carbocycles. The predicted molar refractivity (Wildman–Crippen MR) is 68.5 cm³/mol. The highest BCUT2D eigenvalue weighted by Crippen LogP contribution is 2.26. The van der Waals surface area contributed by atoms with Crippen LogP contribution >= 0.6 is 12.4 Å². The Bertz CT molecular complexity index is 318. The van der Waals surface area contributed by atoms with Crippen molar-refractivity contribution in [2.45, 2.75) is 32.9 Å². The van der Waals surface area contributed by atoms with E-state index in [1.54, 1.807) is 13.2 Å². The van der Waals surface area contributed by atoms with Gasteiger partial charge in [0.05, 0.1) is 7.11 Å². The maximum atomic E-state index is 9.41. The summed E-state index contributed by atoms with van der Waals surface area (Å²) in [5, 5.41) is 12.8. The van der Waals surface area contributed by atoms with Crippen LogP contribution in [0.2, 0.25) is 0 Å². The number of halogens is 1. The van der Waals surface area contributed by atoms with Crippen molar-refractivity contribution in [1.29, 1.82) is 0 Å². The molecule has 0 bridgehead atoms. The number of aromatic hydroxyl groups is 1. The first-order valence-corrected chi connectivity index (χ1v) is 5.26. The van der Waals surface area contributed by atoms with Crippen LogP contribution in [0.5, 0.6) is 11.5 Å². The molecule has 92 valence electrons. The third kappa shape index (κ3) is 4.29. The van der Waals surface area contributed by atoms with Gasteiger partial charge in [0.25, 0.3) is 0 Å². The quantitative estimate of drug-likeness (QED) is 0.838. The molecule has 0 spiro atoms. The van der Waals surface area contributed by atoms with Gasteiger partial charge in [-0.15, -0.1) is 12.4 Å². The number of benzene rings is 1. The summed E-state index contributed by atoms with van der Waals surface area (Å²) >= 11 is 0. The number of hydrogen-bond donors (Lipinski definition) is 2. The van der Waals surface area contributed by atoms with Gasteiger partial charge < -0.3 is 15.2 Å². The molecule has 1 atom stereocenters. The lowest BCUT2D eigenvalue weighted by Crippen LogP contribution is -2.24. The van der Waals surface area contributed by atoms with Crippen LogP contribution in [0, 0.1) is 0 Å². The Morgan fingerprint density at radius 3 is 2.69 bits per heavy atom. The molecule has 0 saturated carbocycles. The van der Waals surface area contributed by atoms with Gasteiger partial charge in [-0.25, -0.2) is 0 Å². The third-order valence-electron chi connectivity index (χ3n) is 2.51. The molecule has 0 aliphatic heterocycles. The van der Waals surface area contributed by atoms with E-state index in [1.165, 1.54) is 0 Å². The van der Waals surface area contributed by atoms with Crippen molar-refractivity contribution in [1.82, 2.24) is 5.32 Å². The molecule has 0 radical (unpaired) electrons. The van der Waals surface area contributed by atoms with E-state index in [1.807, 2.05) is 12.1 Å². The van der Waals surface area contributed by atoms with Crippen LogP contribution in [0.3, 0.4) is 0 Å². The molecule has 0 saturated heterocycles. The van der Waals surface area contributed by atoms with Crippen molar-refractivity contribution >= 4 is 12.4 Å². The fraction of sp³-hybridized carbons (Fsp3) is 0.500. The number of ether oxygens (including phenoxy) is 1. The number of phenolic OH excluding ortho intramolecular Hbond substituents is 1. The lowest BCUT2D eigenvalue weighted by atomic mass is 10.2. The molecule has 3 nitrogen and oxygen atoms in total.